The summed E-state index contributed by atoms with van der Waals surface area (Å²) in [6.45, 7) is 0.0674. The molecule has 1 unspecified atom stereocenters. The third-order valence-electron chi connectivity index (χ3n) is 3.39. The van der Waals surface area contributed by atoms with Gasteiger partial charge in [-0.1, -0.05) is 18.2 Å². The number of hydrogen-bond donors (Lipinski definition) is 2. The molecule has 0 radical (unpaired) electrons. The SMILES string of the molecule is CSCCC(NC(=O)c1ccco1)C(=O)NCc1ccccc1F. The lowest BCUT2D eigenvalue weighted by Crippen LogP contribution is -2.46. The molecular formula is C17H19FN2O3S. The smallest absolute Gasteiger partial charge is 0.287 e. The van der Waals surface area contributed by atoms with Crippen molar-refractivity contribution in [2.24, 2.45) is 0 Å². The van der Waals surface area contributed by atoms with Crippen LogP contribution in [0.1, 0.15) is 22.5 Å². The predicted octanol–water partition coefficient (Wildman–Crippen LogP) is 2.59. The van der Waals surface area contributed by atoms with E-state index in [4.69, 9.17) is 4.42 Å². The number of rotatable bonds is 8. The average molecular weight is 350 g/mol. The quantitative estimate of drug-likeness (QED) is 0.768. The van der Waals surface area contributed by atoms with Crippen LogP contribution in [0.5, 0.6) is 0 Å². The van der Waals surface area contributed by atoms with E-state index < -0.39 is 11.9 Å². The second-order valence-electron chi connectivity index (χ2n) is 5.09. The summed E-state index contributed by atoms with van der Waals surface area (Å²) >= 11 is 1.57. The summed E-state index contributed by atoms with van der Waals surface area (Å²) in [6.07, 6.45) is 3.78. The number of thioether (sulfide) groups is 1. The number of carbonyl (C=O) groups is 2. The molecule has 1 atom stereocenters. The molecular weight excluding hydrogens is 331 g/mol. The Hall–Kier alpha value is -2.28. The van der Waals surface area contributed by atoms with Crippen LogP contribution in [0.3, 0.4) is 0 Å². The molecule has 0 aliphatic rings. The van der Waals surface area contributed by atoms with Crippen molar-refractivity contribution in [2.75, 3.05) is 12.0 Å². The van der Waals surface area contributed by atoms with Crippen molar-refractivity contribution in [1.82, 2.24) is 10.6 Å². The van der Waals surface area contributed by atoms with Crippen molar-refractivity contribution >= 4 is 23.6 Å². The fourth-order valence-electron chi connectivity index (χ4n) is 2.09. The van der Waals surface area contributed by atoms with Crippen molar-refractivity contribution in [3.8, 4) is 0 Å². The highest BCUT2D eigenvalue weighted by molar-refractivity contribution is 7.98. The van der Waals surface area contributed by atoms with Crippen LogP contribution < -0.4 is 10.6 Å². The summed E-state index contributed by atoms with van der Waals surface area (Å²) in [4.78, 5) is 24.4. The van der Waals surface area contributed by atoms with Crippen molar-refractivity contribution in [2.45, 2.75) is 19.0 Å². The van der Waals surface area contributed by atoms with Crippen LogP contribution in [0, 0.1) is 5.82 Å². The Balaban J connectivity index is 1.97. The van der Waals surface area contributed by atoms with Crippen LogP contribution in [-0.4, -0.2) is 29.9 Å². The third-order valence-corrected chi connectivity index (χ3v) is 4.03. The number of halogens is 1. The van der Waals surface area contributed by atoms with Gasteiger partial charge in [0.25, 0.3) is 5.91 Å². The fraction of sp³-hybridized carbons (Fsp3) is 0.294. The molecule has 0 aliphatic heterocycles. The zero-order chi connectivity index (χ0) is 17.4. The highest BCUT2D eigenvalue weighted by Crippen LogP contribution is 2.08. The van der Waals surface area contributed by atoms with Gasteiger partial charge in [0.15, 0.2) is 5.76 Å². The average Bonchev–Trinajstić information content (AvgIpc) is 3.12. The maximum Gasteiger partial charge on any atom is 0.287 e. The lowest BCUT2D eigenvalue weighted by Gasteiger charge is -2.17. The van der Waals surface area contributed by atoms with Crippen molar-refractivity contribution in [1.29, 1.82) is 0 Å². The van der Waals surface area contributed by atoms with Gasteiger partial charge in [-0.05, 0) is 36.6 Å². The molecule has 128 valence electrons. The molecule has 1 heterocycles. The van der Waals surface area contributed by atoms with Gasteiger partial charge in [0.2, 0.25) is 5.91 Å². The lowest BCUT2D eigenvalue weighted by atomic mass is 10.1. The zero-order valence-corrected chi connectivity index (χ0v) is 14.1. The van der Waals surface area contributed by atoms with Gasteiger partial charge in [0.1, 0.15) is 11.9 Å². The molecule has 2 rings (SSSR count). The second-order valence-corrected chi connectivity index (χ2v) is 6.08. The number of carbonyl (C=O) groups excluding carboxylic acids is 2. The molecule has 1 aromatic heterocycles. The molecule has 1 aromatic carbocycles. The molecule has 7 heteroatoms. The van der Waals surface area contributed by atoms with Gasteiger partial charge in [0.05, 0.1) is 6.26 Å². The maximum absolute atomic E-state index is 13.6. The maximum atomic E-state index is 13.6. The van der Waals surface area contributed by atoms with Crippen molar-refractivity contribution in [3.05, 3.63) is 59.8 Å². The summed E-state index contributed by atoms with van der Waals surface area (Å²) in [6, 6.07) is 8.66. The highest BCUT2D eigenvalue weighted by atomic mass is 32.2. The number of nitrogens with one attached hydrogen (secondary N) is 2. The summed E-state index contributed by atoms with van der Waals surface area (Å²) in [5.74, 6) is -0.334. The Morgan fingerprint density at radius 3 is 2.71 bits per heavy atom. The Labute approximate surface area is 144 Å². The Morgan fingerprint density at radius 2 is 2.04 bits per heavy atom. The lowest BCUT2D eigenvalue weighted by molar-refractivity contribution is -0.123. The van der Waals surface area contributed by atoms with Crippen LogP contribution in [0.25, 0.3) is 0 Å². The minimum absolute atomic E-state index is 0.0674. The first kappa shape index (κ1) is 18.1. The van der Waals surface area contributed by atoms with Crippen molar-refractivity contribution < 1.29 is 18.4 Å². The summed E-state index contributed by atoms with van der Waals surface area (Å²) in [5.41, 5.74) is 0.395. The molecule has 2 N–H and O–H groups in total. The molecule has 24 heavy (non-hydrogen) atoms. The molecule has 0 bridgehead atoms. The first-order chi connectivity index (χ1) is 11.6. The standard InChI is InChI=1S/C17H19FN2O3S/c1-24-10-8-14(20-17(22)15-7-4-9-23-15)16(21)19-11-12-5-2-3-6-13(12)18/h2-7,9,14H,8,10-11H2,1H3,(H,19,21)(H,20,22). The van der Waals surface area contributed by atoms with Crippen LogP contribution >= 0.6 is 11.8 Å². The second kappa shape index (κ2) is 9.12. The van der Waals surface area contributed by atoms with Gasteiger partial charge in [-0.3, -0.25) is 9.59 Å². The monoisotopic (exact) mass is 350 g/mol. The van der Waals surface area contributed by atoms with E-state index in [1.54, 1.807) is 36.0 Å². The minimum Gasteiger partial charge on any atom is -0.459 e. The minimum atomic E-state index is -0.707. The van der Waals surface area contributed by atoms with E-state index in [1.165, 1.54) is 18.4 Å². The summed E-state index contributed by atoms with van der Waals surface area (Å²) in [5, 5.41) is 5.32. The van der Waals surface area contributed by atoms with Crippen LogP contribution in [0.2, 0.25) is 0 Å². The van der Waals surface area contributed by atoms with E-state index in [0.29, 0.717) is 17.7 Å². The van der Waals surface area contributed by atoms with Gasteiger partial charge in [-0.2, -0.15) is 11.8 Å². The number of hydrogen-bond acceptors (Lipinski definition) is 4. The summed E-state index contributed by atoms with van der Waals surface area (Å²) in [7, 11) is 0. The number of benzene rings is 1. The number of furan rings is 1. The molecule has 5 nitrogen and oxygen atoms in total. The molecule has 0 fully saturated rings. The topological polar surface area (TPSA) is 71.3 Å². The highest BCUT2D eigenvalue weighted by Gasteiger charge is 2.22. The molecule has 2 aromatic rings. The van der Waals surface area contributed by atoms with E-state index in [2.05, 4.69) is 10.6 Å². The Bertz CT molecular complexity index is 676. The van der Waals surface area contributed by atoms with Gasteiger partial charge in [-0.15, -0.1) is 0 Å². The first-order valence-corrected chi connectivity index (χ1v) is 8.85. The molecule has 2 amide bonds. The molecule has 0 saturated heterocycles. The van der Waals surface area contributed by atoms with Crippen LogP contribution in [-0.2, 0) is 11.3 Å². The largest absolute Gasteiger partial charge is 0.459 e. The third kappa shape index (κ3) is 5.13. The van der Waals surface area contributed by atoms with E-state index in [-0.39, 0.29) is 24.0 Å². The van der Waals surface area contributed by atoms with E-state index >= 15 is 0 Å². The van der Waals surface area contributed by atoms with E-state index in [0.717, 1.165) is 0 Å². The zero-order valence-electron chi connectivity index (χ0n) is 13.3. The van der Waals surface area contributed by atoms with Gasteiger partial charge in [0, 0.05) is 12.1 Å². The van der Waals surface area contributed by atoms with Gasteiger partial charge in [-0.25, -0.2) is 4.39 Å². The van der Waals surface area contributed by atoms with Crippen LogP contribution in [0.15, 0.2) is 47.1 Å². The molecule has 0 aliphatic carbocycles. The Kier molecular flexibility index (Phi) is 6.87. The summed E-state index contributed by atoms with van der Waals surface area (Å²) < 4.78 is 18.6. The Morgan fingerprint density at radius 1 is 1.25 bits per heavy atom. The predicted molar refractivity (Wildman–Crippen MR) is 91.2 cm³/mol. The number of amides is 2. The van der Waals surface area contributed by atoms with Gasteiger partial charge >= 0.3 is 0 Å². The fourth-order valence-corrected chi connectivity index (χ4v) is 2.56. The van der Waals surface area contributed by atoms with Crippen molar-refractivity contribution in [3.63, 3.8) is 0 Å². The first-order valence-electron chi connectivity index (χ1n) is 7.46. The van der Waals surface area contributed by atoms with Crippen LogP contribution in [0.4, 0.5) is 4.39 Å². The van der Waals surface area contributed by atoms with Gasteiger partial charge < -0.3 is 15.1 Å². The van der Waals surface area contributed by atoms with E-state index in [9.17, 15) is 14.0 Å². The van der Waals surface area contributed by atoms with E-state index in [1.807, 2.05) is 6.26 Å². The molecule has 0 saturated carbocycles. The normalized spacial score (nSPS) is 11.8. The molecule has 0 spiro atoms.